The van der Waals surface area contributed by atoms with E-state index in [1.54, 1.807) is 18.2 Å². The zero-order valence-corrected chi connectivity index (χ0v) is 17.4. The first-order chi connectivity index (χ1) is 13.7. The molecule has 0 saturated carbocycles. The average Bonchev–Trinajstić information content (AvgIpc) is 2.68. The SMILES string of the molecule is CC(C)C(=O)NCc1ccc(Cl)c(C2=NC(O)C=C(c3cc(Cl)ccc3F)N2)c1. The topological polar surface area (TPSA) is 73.7 Å². The van der Waals surface area contributed by atoms with Crippen molar-refractivity contribution in [2.45, 2.75) is 26.6 Å². The first-order valence-electron chi connectivity index (χ1n) is 9.01. The van der Waals surface area contributed by atoms with Crippen molar-refractivity contribution in [3.8, 4) is 0 Å². The Morgan fingerprint density at radius 1 is 1.24 bits per heavy atom. The van der Waals surface area contributed by atoms with Gasteiger partial charge in [-0.1, -0.05) is 43.1 Å². The minimum atomic E-state index is -1.18. The number of aliphatic hydroxyl groups excluding tert-OH is 1. The van der Waals surface area contributed by atoms with Crippen LogP contribution in [0.15, 0.2) is 47.5 Å². The molecule has 0 aromatic heterocycles. The van der Waals surface area contributed by atoms with Crippen molar-refractivity contribution < 1.29 is 14.3 Å². The Balaban J connectivity index is 1.87. The standard InChI is InChI=1S/C21H20Cl2FN3O2/c1-11(2)21(29)25-10-12-3-5-16(23)14(7-12)20-26-18(9-19(28)27-20)15-8-13(22)4-6-17(15)24/h3-9,11,19,28H,10H2,1-2H3,(H,25,29)(H,26,27). The van der Waals surface area contributed by atoms with Crippen LogP contribution in [0.4, 0.5) is 4.39 Å². The second kappa shape index (κ2) is 8.95. The van der Waals surface area contributed by atoms with Crippen LogP contribution in [0.3, 0.4) is 0 Å². The summed E-state index contributed by atoms with van der Waals surface area (Å²) in [6.45, 7) is 3.95. The number of hydrogen-bond donors (Lipinski definition) is 3. The quantitative estimate of drug-likeness (QED) is 0.661. The van der Waals surface area contributed by atoms with Crippen molar-refractivity contribution in [2.75, 3.05) is 0 Å². The minimum absolute atomic E-state index is 0.0632. The summed E-state index contributed by atoms with van der Waals surface area (Å²) >= 11 is 12.3. The molecule has 0 aliphatic carbocycles. The third-order valence-corrected chi connectivity index (χ3v) is 4.89. The molecular formula is C21H20Cl2FN3O2. The molecule has 2 aromatic carbocycles. The monoisotopic (exact) mass is 435 g/mol. The lowest BCUT2D eigenvalue weighted by Crippen LogP contribution is -2.31. The molecule has 0 fully saturated rings. The van der Waals surface area contributed by atoms with Gasteiger partial charge in [0.05, 0.1) is 10.7 Å². The predicted octanol–water partition coefficient (Wildman–Crippen LogP) is 4.11. The van der Waals surface area contributed by atoms with E-state index in [9.17, 15) is 14.3 Å². The molecule has 5 nitrogen and oxygen atoms in total. The van der Waals surface area contributed by atoms with Crippen LogP contribution < -0.4 is 10.6 Å². The highest BCUT2D eigenvalue weighted by Crippen LogP contribution is 2.26. The third kappa shape index (κ3) is 5.15. The number of rotatable bonds is 5. The number of benzene rings is 2. The van der Waals surface area contributed by atoms with Gasteiger partial charge in [-0.3, -0.25) is 4.79 Å². The molecule has 0 spiro atoms. The molecule has 0 bridgehead atoms. The van der Waals surface area contributed by atoms with Crippen molar-refractivity contribution in [1.82, 2.24) is 10.6 Å². The number of amidine groups is 1. The lowest BCUT2D eigenvalue weighted by atomic mass is 10.1. The van der Waals surface area contributed by atoms with Crippen LogP contribution in [0.1, 0.15) is 30.5 Å². The number of amides is 1. The van der Waals surface area contributed by atoms with Crippen LogP contribution in [-0.4, -0.2) is 23.1 Å². The molecule has 1 amide bonds. The van der Waals surface area contributed by atoms with Crippen LogP contribution >= 0.6 is 23.2 Å². The summed E-state index contributed by atoms with van der Waals surface area (Å²) in [5, 5.41) is 16.8. The van der Waals surface area contributed by atoms with Crippen LogP contribution in [0.5, 0.6) is 0 Å². The van der Waals surface area contributed by atoms with Gasteiger partial charge in [0.15, 0.2) is 6.23 Å². The maximum absolute atomic E-state index is 14.3. The van der Waals surface area contributed by atoms with E-state index in [-0.39, 0.29) is 23.2 Å². The van der Waals surface area contributed by atoms with E-state index in [2.05, 4.69) is 15.6 Å². The largest absolute Gasteiger partial charge is 0.368 e. The fourth-order valence-electron chi connectivity index (χ4n) is 2.78. The Labute approximate surface area is 178 Å². The first-order valence-corrected chi connectivity index (χ1v) is 9.77. The van der Waals surface area contributed by atoms with Gasteiger partial charge in [0.25, 0.3) is 0 Å². The lowest BCUT2D eigenvalue weighted by Gasteiger charge is -2.22. The Kier molecular flexibility index (Phi) is 6.57. The van der Waals surface area contributed by atoms with Gasteiger partial charge in [0.2, 0.25) is 5.91 Å². The maximum Gasteiger partial charge on any atom is 0.222 e. The van der Waals surface area contributed by atoms with Crippen molar-refractivity contribution in [3.63, 3.8) is 0 Å². The van der Waals surface area contributed by atoms with Gasteiger partial charge in [-0.25, -0.2) is 9.38 Å². The summed E-state index contributed by atoms with van der Waals surface area (Å²) in [6.07, 6.45) is 0.207. The summed E-state index contributed by atoms with van der Waals surface area (Å²) in [6, 6.07) is 9.40. The molecule has 1 atom stereocenters. The fourth-order valence-corrected chi connectivity index (χ4v) is 3.15. The lowest BCUT2D eigenvalue weighted by molar-refractivity contribution is -0.124. The van der Waals surface area contributed by atoms with E-state index in [0.29, 0.717) is 27.9 Å². The van der Waals surface area contributed by atoms with Crippen molar-refractivity contribution in [2.24, 2.45) is 10.9 Å². The molecule has 8 heteroatoms. The Bertz CT molecular complexity index is 1010. The molecule has 2 aromatic rings. The van der Waals surface area contributed by atoms with Crippen LogP contribution in [0.2, 0.25) is 10.0 Å². The average molecular weight is 436 g/mol. The highest BCUT2D eigenvalue weighted by molar-refractivity contribution is 6.34. The predicted molar refractivity (Wildman–Crippen MR) is 113 cm³/mol. The number of halogens is 3. The van der Waals surface area contributed by atoms with Gasteiger partial charge in [-0.05, 0) is 42.0 Å². The van der Waals surface area contributed by atoms with Gasteiger partial charge >= 0.3 is 0 Å². The zero-order valence-electron chi connectivity index (χ0n) is 15.8. The molecule has 1 heterocycles. The normalized spacial score (nSPS) is 16.2. The molecule has 1 aliphatic rings. The first kappa shape index (κ1) is 21.3. The van der Waals surface area contributed by atoms with Crippen LogP contribution in [-0.2, 0) is 11.3 Å². The molecule has 0 radical (unpaired) electrons. The van der Waals surface area contributed by atoms with Gasteiger partial charge in [-0.15, -0.1) is 0 Å². The molecule has 1 aliphatic heterocycles. The third-order valence-electron chi connectivity index (χ3n) is 4.33. The number of aliphatic hydroxyl groups is 1. The summed E-state index contributed by atoms with van der Waals surface area (Å²) < 4.78 is 14.3. The van der Waals surface area contributed by atoms with E-state index in [1.165, 1.54) is 24.3 Å². The molecule has 3 rings (SSSR count). The van der Waals surface area contributed by atoms with Crippen LogP contribution in [0, 0.1) is 11.7 Å². The molecule has 0 saturated heterocycles. The number of aliphatic imine (C=N–C) groups is 1. The summed E-state index contributed by atoms with van der Waals surface area (Å²) in [5.74, 6) is -0.387. The van der Waals surface area contributed by atoms with Gasteiger partial charge < -0.3 is 15.7 Å². The Morgan fingerprint density at radius 2 is 2.00 bits per heavy atom. The van der Waals surface area contributed by atoms with Crippen LogP contribution in [0.25, 0.3) is 5.70 Å². The highest BCUT2D eigenvalue weighted by Gasteiger charge is 2.20. The summed E-state index contributed by atoms with van der Waals surface area (Å²) in [5.41, 5.74) is 1.87. The molecule has 29 heavy (non-hydrogen) atoms. The van der Waals surface area contributed by atoms with Crippen molar-refractivity contribution >= 4 is 40.6 Å². The van der Waals surface area contributed by atoms with E-state index in [1.807, 2.05) is 13.8 Å². The van der Waals surface area contributed by atoms with E-state index >= 15 is 0 Å². The molecular weight excluding hydrogens is 416 g/mol. The number of hydrogen-bond acceptors (Lipinski definition) is 4. The number of carbonyl (C=O) groups is 1. The summed E-state index contributed by atoms with van der Waals surface area (Å²) in [4.78, 5) is 16.0. The smallest absolute Gasteiger partial charge is 0.222 e. The van der Waals surface area contributed by atoms with Gasteiger partial charge in [0, 0.05) is 28.6 Å². The molecule has 3 N–H and O–H groups in total. The maximum atomic E-state index is 14.3. The van der Waals surface area contributed by atoms with E-state index < -0.39 is 12.0 Å². The van der Waals surface area contributed by atoms with Crippen molar-refractivity contribution in [1.29, 1.82) is 0 Å². The summed E-state index contributed by atoms with van der Waals surface area (Å²) in [7, 11) is 0. The highest BCUT2D eigenvalue weighted by atomic mass is 35.5. The number of nitrogens with zero attached hydrogens (tertiary/aromatic N) is 1. The number of carbonyl (C=O) groups excluding carboxylic acids is 1. The fraction of sp³-hybridized carbons (Fsp3) is 0.238. The van der Waals surface area contributed by atoms with Gasteiger partial charge in [0.1, 0.15) is 11.7 Å². The Morgan fingerprint density at radius 3 is 2.72 bits per heavy atom. The van der Waals surface area contributed by atoms with Crippen molar-refractivity contribution in [3.05, 3.63) is 75.0 Å². The van der Waals surface area contributed by atoms with E-state index in [4.69, 9.17) is 23.2 Å². The van der Waals surface area contributed by atoms with E-state index in [0.717, 1.165) is 5.56 Å². The van der Waals surface area contributed by atoms with Gasteiger partial charge in [-0.2, -0.15) is 0 Å². The zero-order chi connectivity index (χ0) is 21.1. The second-order valence-corrected chi connectivity index (χ2v) is 7.75. The molecule has 1 unspecified atom stereocenters. The minimum Gasteiger partial charge on any atom is -0.368 e. The number of nitrogens with one attached hydrogen (secondary N) is 2. The second-order valence-electron chi connectivity index (χ2n) is 6.91. The molecule has 152 valence electrons. The Hall–Kier alpha value is -2.41.